The van der Waals surface area contributed by atoms with Gasteiger partial charge in [-0.15, -0.1) is 0 Å². The molecule has 0 aliphatic heterocycles. The van der Waals surface area contributed by atoms with Crippen LogP contribution in [0.3, 0.4) is 0 Å². The Balaban J connectivity index is 1.08. The van der Waals surface area contributed by atoms with Gasteiger partial charge in [0.1, 0.15) is 0 Å². The first-order valence-electron chi connectivity index (χ1n) is 20.2. The van der Waals surface area contributed by atoms with E-state index in [2.05, 4.69) is 200 Å². The largest absolute Gasteiger partial charge is 0.356 e. The van der Waals surface area contributed by atoms with Crippen LogP contribution in [-0.2, 0) is 10.8 Å². The van der Waals surface area contributed by atoms with Crippen molar-refractivity contribution in [3.8, 4) is 33.4 Å². The van der Waals surface area contributed by atoms with Crippen molar-refractivity contribution in [1.82, 2.24) is 0 Å². The summed E-state index contributed by atoms with van der Waals surface area (Å²) < 4.78 is 0. The van der Waals surface area contributed by atoms with Crippen LogP contribution in [-0.4, -0.2) is 0 Å². The Morgan fingerprint density at radius 1 is 0.464 bits per heavy atom. The Morgan fingerprint density at radius 3 is 1.82 bits per heavy atom. The van der Waals surface area contributed by atoms with Gasteiger partial charge in [0.25, 0.3) is 0 Å². The molecule has 11 rings (SSSR count). The third-order valence-corrected chi connectivity index (χ3v) is 13.1. The SMILES string of the molecule is CC1(C)c2ccccc2-c2ccc(Nc3ccc4c(c3)C3(CCCC3)c3cc5ccccc5c(N(c5ccccc5)c5ccc(-c6ccccc6)cc5)c3-4)cc21. The lowest BCUT2D eigenvalue weighted by molar-refractivity contribution is 0.550. The molecule has 3 aliphatic rings. The molecule has 0 bridgehead atoms. The molecule has 8 aromatic carbocycles. The number of nitrogens with zero attached hydrogens (tertiary/aromatic N) is 1. The fourth-order valence-corrected chi connectivity index (χ4v) is 10.5. The monoisotopic (exact) mass is 720 g/mol. The molecule has 1 saturated carbocycles. The Kier molecular flexibility index (Phi) is 7.41. The highest BCUT2D eigenvalue weighted by Crippen LogP contribution is 2.62. The smallest absolute Gasteiger partial charge is 0.0621 e. The molecular weight excluding hydrogens is 677 g/mol. The predicted molar refractivity (Wildman–Crippen MR) is 236 cm³/mol. The van der Waals surface area contributed by atoms with Crippen LogP contribution in [0, 0.1) is 0 Å². The average molecular weight is 721 g/mol. The molecule has 1 spiro atoms. The van der Waals surface area contributed by atoms with Gasteiger partial charge in [-0.2, -0.15) is 0 Å². The molecule has 1 fully saturated rings. The van der Waals surface area contributed by atoms with Gasteiger partial charge in [-0.1, -0.05) is 148 Å². The van der Waals surface area contributed by atoms with E-state index in [1.54, 1.807) is 0 Å². The topological polar surface area (TPSA) is 15.3 Å². The number of para-hydroxylation sites is 1. The summed E-state index contributed by atoms with van der Waals surface area (Å²) in [6.45, 7) is 4.71. The molecule has 0 radical (unpaired) electrons. The standard InChI is InChI=1S/C54H44N2/c1-53(2)47-22-12-11-21-44(47)45-29-25-39(34-48(45)53)55-40-26-30-46-49(35-40)54(31-13-14-32-54)50-33-38-17-9-10-20-43(38)52(51(46)50)56(41-18-7-4-8-19-41)42-27-23-37(24-28-42)36-15-5-3-6-16-36/h3-12,15-30,33-35,55H,13-14,31-32H2,1-2H3. The lowest BCUT2D eigenvalue weighted by atomic mass is 9.76. The number of nitrogens with one attached hydrogen (secondary N) is 1. The van der Waals surface area contributed by atoms with E-state index in [1.165, 1.54) is 84.9 Å². The molecule has 0 aromatic heterocycles. The Hall–Kier alpha value is -6.38. The van der Waals surface area contributed by atoms with E-state index in [0.717, 1.165) is 35.6 Å². The van der Waals surface area contributed by atoms with Gasteiger partial charge in [0.2, 0.25) is 0 Å². The second kappa shape index (κ2) is 12.6. The van der Waals surface area contributed by atoms with Gasteiger partial charge in [-0.25, -0.2) is 0 Å². The van der Waals surface area contributed by atoms with Crippen molar-refractivity contribution in [2.75, 3.05) is 10.2 Å². The van der Waals surface area contributed by atoms with Crippen molar-refractivity contribution in [3.63, 3.8) is 0 Å². The molecular formula is C54H44N2. The highest BCUT2D eigenvalue weighted by Gasteiger charge is 2.47. The maximum absolute atomic E-state index is 3.89. The Morgan fingerprint density at radius 2 is 1.05 bits per heavy atom. The van der Waals surface area contributed by atoms with E-state index in [0.29, 0.717) is 0 Å². The van der Waals surface area contributed by atoms with Crippen LogP contribution in [0.1, 0.15) is 61.8 Å². The first-order chi connectivity index (χ1) is 27.5. The van der Waals surface area contributed by atoms with Crippen molar-refractivity contribution >= 4 is 39.2 Å². The molecule has 56 heavy (non-hydrogen) atoms. The quantitative estimate of drug-likeness (QED) is 0.184. The fraction of sp³-hybridized carbons (Fsp3) is 0.148. The van der Waals surface area contributed by atoms with Crippen molar-refractivity contribution in [1.29, 1.82) is 0 Å². The van der Waals surface area contributed by atoms with Crippen LogP contribution >= 0.6 is 0 Å². The first kappa shape index (κ1) is 33.0. The molecule has 0 heterocycles. The van der Waals surface area contributed by atoms with Gasteiger partial charge in [0.05, 0.1) is 5.69 Å². The zero-order chi connectivity index (χ0) is 37.4. The summed E-state index contributed by atoms with van der Waals surface area (Å²) in [4.78, 5) is 2.52. The summed E-state index contributed by atoms with van der Waals surface area (Å²) in [5, 5.41) is 6.46. The second-order valence-corrected chi connectivity index (χ2v) is 16.6. The number of hydrogen-bond donors (Lipinski definition) is 1. The summed E-state index contributed by atoms with van der Waals surface area (Å²) >= 11 is 0. The third kappa shape index (κ3) is 4.95. The van der Waals surface area contributed by atoms with Gasteiger partial charge in [0, 0.05) is 44.5 Å². The Bertz CT molecular complexity index is 2790. The minimum Gasteiger partial charge on any atom is -0.356 e. The minimum absolute atomic E-state index is 0.0256. The predicted octanol–water partition coefficient (Wildman–Crippen LogP) is 14.9. The normalized spacial score (nSPS) is 15.3. The van der Waals surface area contributed by atoms with E-state index in [1.807, 2.05) is 0 Å². The lowest BCUT2D eigenvalue weighted by Crippen LogP contribution is -2.21. The molecule has 0 saturated heterocycles. The van der Waals surface area contributed by atoms with Crippen LogP contribution in [0.5, 0.6) is 0 Å². The number of hydrogen-bond acceptors (Lipinski definition) is 2. The maximum atomic E-state index is 3.89. The highest BCUT2D eigenvalue weighted by molar-refractivity contribution is 6.10. The van der Waals surface area contributed by atoms with Gasteiger partial charge >= 0.3 is 0 Å². The molecule has 2 nitrogen and oxygen atoms in total. The zero-order valence-electron chi connectivity index (χ0n) is 32.0. The molecule has 0 unspecified atom stereocenters. The number of rotatable bonds is 6. The Labute approximate surface area is 330 Å². The summed E-state index contributed by atoms with van der Waals surface area (Å²) in [6, 6.07) is 65.4. The molecule has 270 valence electrons. The van der Waals surface area contributed by atoms with Crippen LogP contribution < -0.4 is 10.2 Å². The molecule has 1 N–H and O–H groups in total. The minimum atomic E-state index is -0.0397. The van der Waals surface area contributed by atoms with E-state index in [9.17, 15) is 0 Å². The van der Waals surface area contributed by atoms with Crippen LogP contribution in [0.4, 0.5) is 28.4 Å². The van der Waals surface area contributed by atoms with Crippen LogP contribution in [0.25, 0.3) is 44.2 Å². The number of fused-ring (bicyclic) bond motifs is 9. The number of anilines is 5. The van der Waals surface area contributed by atoms with Gasteiger partial charge in [0.15, 0.2) is 0 Å². The van der Waals surface area contributed by atoms with E-state index in [-0.39, 0.29) is 10.8 Å². The number of benzene rings is 8. The summed E-state index contributed by atoms with van der Waals surface area (Å²) in [5.41, 5.74) is 19.4. The molecule has 3 aliphatic carbocycles. The fourth-order valence-electron chi connectivity index (χ4n) is 10.5. The third-order valence-electron chi connectivity index (χ3n) is 13.1. The van der Waals surface area contributed by atoms with Crippen molar-refractivity contribution < 1.29 is 0 Å². The highest BCUT2D eigenvalue weighted by atomic mass is 15.1. The van der Waals surface area contributed by atoms with Gasteiger partial charge in [-0.3, -0.25) is 0 Å². The maximum Gasteiger partial charge on any atom is 0.0621 e. The van der Waals surface area contributed by atoms with Crippen molar-refractivity contribution in [3.05, 3.63) is 198 Å². The van der Waals surface area contributed by atoms with Crippen molar-refractivity contribution in [2.24, 2.45) is 0 Å². The lowest BCUT2D eigenvalue weighted by Gasteiger charge is -2.31. The molecule has 2 heteroatoms. The summed E-state index contributed by atoms with van der Waals surface area (Å²) in [7, 11) is 0. The second-order valence-electron chi connectivity index (χ2n) is 16.6. The zero-order valence-corrected chi connectivity index (χ0v) is 32.0. The summed E-state index contributed by atoms with van der Waals surface area (Å²) in [6.07, 6.45) is 4.80. The van der Waals surface area contributed by atoms with Crippen LogP contribution in [0.2, 0.25) is 0 Å². The molecule has 0 atom stereocenters. The first-order valence-corrected chi connectivity index (χ1v) is 20.2. The van der Waals surface area contributed by atoms with E-state index in [4.69, 9.17) is 0 Å². The van der Waals surface area contributed by atoms with Crippen molar-refractivity contribution in [2.45, 2.75) is 50.4 Å². The average Bonchev–Trinajstić information content (AvgIpc) is 3.91. The van der Waals surface area contributed by atoms with E-state index < -0.39 is 0 Å². The van der Waals surface area contributed by atoms with Crippen LogP contribution in [0.15, 0.2) is 176 Å². The molecule has 8 aromatic rings. The van der Waals surface area contributed by atoms with E-state index >= 15 is 0 Å². The van der Waals surface area contributed by atoms with Gasteiger partial charge < -0.3 is 10.2 Å². The van der Waals surface area contributed by atoms with Gasteiger partial charge in [-0.05, 0) is 123 Å². The summed E-state index contributed by atoms with van der Waals surface area (Å²) in [5.74, 6) is 0. The molecule has 0 amide bonds.